The molecule has 1 heteroatoms. The number of nitrogens with one attached hydrogen (secondary N) is 1. The van der Waals surface area contributed by atoms with Crippen LogP contribution in [0.4, 0.5) is 0 Å². The highest BCUT2D eigenvalue weighted by Gasteiger charge is 2.19. The molecular weight excluding hydrogens is 230 g/mol. The second-order valence-electron chi connectivity index (χ2n) is 5.90. The van der Waals surface area contributed by atoms with Crippen molar-refractivity contribution in [2.24, 2.45) is 5.92 Å². The van der Waals surface area contributed by atoms with E-state index >= 15 is 0 Å². The van der Waals surface area contributed by atoms with E-state index in [4.69, 9.17) is 0 Å². The summed E-state index contributed by atoms with van der Waals surface area (Å²) in [5, 5.41) is 3.70. The molecule has 1 N–H and O–H groups in total. The molecule has 0 saturated carbocycles. The molecule has 1 aromatic rings. The molecule has 1 aliphatic rings. The van der Waals surface area contributed by atoms with Crippen LogP contribution in [-0.4, -0.2) is 12.6 Å². The average molecular weight is 259 g/mol. The Morgan fingerprint density at radius 2 is 1.79 bits per heavy atom. The van der Waals surface area contributed by atoms with Crippen LogP contribution < -0.4 is 5.32 Å². The zero-order chi connectivity index (χ0) is 13.7. The third-order valence-corrected chi connectivity index (χ3v) is 4.70. The fourth-order valence-electron chi connectivity index (χ4n) is 3.53. The Kier molecular flexibility index (Phi) is 5.45. The highest BCUT2D eigenvalue weighted by Crippen LogP contribution is 2.24. The van der Waals surface area contributed by atoms with Crippen molar-refractivity contribution in [3.8, 4) is 0 Å². The van der Waals surface area contributed by atoms with Crippen molar-refractivity contribution in [3.63, 3.8) is 0 Å². The van der Waals surface area contributed by atoms with Gasteiger partial charge in [-0.25, -0.2) is 0 Å². The monoisotopic (exact) mass is 259 g/mol. The van der Waals surface area contributed by atoms with Gasteiger partial charge in [0.25, 0.3) is 0 Å². The molecule has 0 aliphatic heterocycles. The normalized spacial score (nSPS) is 15.8. The Bertz CT molecular complexity index is 393. The summed E-state index contributed by atoms with van der Waals surface area (Å²) < 4.78 is 0. The average Bonchev–Trinajstić information content (AvgIpc) is 2.87. The topological polar surface area (TPSA) is 12.0 Å². The van der Waals surface area contributed by atoms with E-state index in [9.17, 15) is 0 Å². The van der Waals surface area contributed by atoms with E-state index in [-0.39, 0.29) is 0 Å². The zero-order valence-electron chi connectivity index (χ0n) is 12.8. The van der Waals surface area contributed by atoms with Crippen molar-refractivity contribution in [1.82, 2.24) is 5.32 Å². The van der Waals surface area contributed by atoms with Crippen LogP contribution in [0.15, 0.2) is 18.2 Å². The van der Waals surface area contributed by atoms with Gasteiger partial charge in [0, 0.05) is 6.04 Å². The number of hydrogen-bond acceptors (Lipinski definition) is 1. The van der Waals surface area contributed by atoms with Gasteiger partial charge in [-0.15, -0.1) is 0 Å². The van der Waals surface area contributed by atoms with Gasteiger partial charge in [-0.05, 0) is 54.8 Å². The first-order chi connectivity index (χ1) is 9.28. The minimum atomic E-state index is 0.638. The number of hydrogen-bond donors (Lipinski definition) is 1. The first-order valence-corrected chi connectivity index (χ1v) is 8.12. The van der Waals surface area contributed by atoms with Crippen molar-refractivity contribution < 1.29 is 0 Å². The Balaban J connectivity index is 2.08. The quantitative estimate of drug-likeness (QED) is 0.776. The number of aryl methyl sites for hydroxylation is 2. The molecule has 0 radical (unpaired) electrons. The van der Waals surface area contributed by atoms with Gasteiger partial charge in [0.15, 0.2) is 0 Å². The predicted molar refractivity (Wildman–Crippen MR) is 83.7 cm³/mol. The molecule has 0 fully saturated rings. The van der Waals surface area contributed by atoms with Gasteiger partial charge >= 0.3 is 0 Å². The highest BCUT2D eigenvalue weighted by atomic mass is 14.9. The smallest absolute Gasteiger partial charge is 0.0135 e. The lowest BCUT2D eigenvalue weighted by atomic mass is 9.88. The first-order valence-electron chi connectivity index (χ1n) is 8.12. The lowest BCUT2D eigenvalue weighted by Crippen LogP contribution is -2.37. The molecule has 2 rings (SSSR count). The second kappa shape index (κ2) is 7.09. The summed E-state index contributed by atoms with van der Waals surface area (Å²) in [6, 6.07) is 7.83. The minimum Gasteiger partial charge on any atom is -0.314 e. The molecule has 0 saturated heterocycles. The van der Waals surface area contributed by atoms with Gasteiger partial charge in [0.1, 0.15) is 0 Å². The van der Waals surface area contributed by atoms with Crippen LogP contribution in [0.2, 0.25) is 0 Å². The molecule has 1 unspecified atom stereocenters. The fourth-order valence-corrected chi connectivity index (χ4v) is 3.53. The molecule has 106 valence electrons. The SMILES string of the molecule is CCNC(Cc1ccc2c(c1)CCC2)C(CC)CC. The standard InChI is InChI=1S/C18H29N/c1-4-15(5-2)18(19-6-3)13-14-10-11-16-8-7-9-17(16)12-14/h10-12,15,18-19H,4-9,13H2,1-3H3. The third-order valence-electron chi connectivity index (χ3n) is 4.70. The Labute approximate surface area is 118 Å². The van der Waals surface area contributed by atoms with Crippen LogP contribution in [-0.2, 0) is 19.3 Å². The van der Waals surface area contributed by atoms with Crippen molar-refractivity contribution in [1.29, 1.82) is 0 Å². The van der Waals surface area contributed by atoms with E-state index in [2.05, 4.69) is 44.3 Å². The van der Waals surface area contributed by atoms with Gasteiger partial charge in [0.05, 0.1) is 0 Å². The summed E-state index contributed by atoms with van der Waals surface area (Å²) in [5.74, 6) is 0.799. The number of benzene rings is 1. The van der Waals surface area contributed by atoms with Gasteiger partial charge < -0.3 is 5.32 Å². The maximum atomic E-state index is 3.70. The molecule has 0 aromatic heterocycles. The number of likely N-dealkylation sites (N-methyl/N-ethyl adjacent to an activating group) is 1. The molecule has 1 aliphatic carbocycles. The van der Waals surface area contributed by atoms with Crippen LogP contribution in [0.5, 0.6) is 0 Å². The predicted octanol–water partition coefficient (Wildman–Crippen LogP) is 4.13. The van der Waals surface area contributed by atoms with Crippen LogP contribution in [0.3, 0.4) is 0 Å². The van der Waals surface area contributed by atoms with Crippen LogP contribution in [0, 0.1) is 5.92 Å². The molecule has 0 heterocycles. The van der Waals surface area contributed by atoms with Gasteiger partial charge in [0.2, 0.25) is 0 Å². The Morgan fingerprint density at radius 3 is 2.47 bits per heavy atom. The van der Waals surface area contributed by atoms with E-state index in [0.29, 0.717) is 6.04 Å². The fraction of sp³-hybridized carbons (Fsp3) is 0.667. The Hall–Kier alpha value is -0.820. The minimum absolute atomic E-state index is 0.638. The van der Waals surface area contributed by atoms with Crippen LogP contribution in [0.1, 0.15) is 56.7 Å². The van der Waals surface area contributed by atoms with E-state index in [0.717, 1.165) is 12.5 Å². The lowest BCUT2D eigenvalue weighted by Gasteiger charge is -2.26. The summed E-state index contributed by atoms with van der Waals surface area (Å²) in [4.78, 5) is 0. The molecule has 19 heavy (non-hydrogen) atoms. The Morgan fingerprint density at radius 1 is 1.05 bits per heavy atom. The maximum absolute atomic E-state index is 3.70. The van der Waals surface area contributed by atoms with Crippen LogP contribution in [0.25, 0.3) is 0 Å². The molecule has 1 nitrogen and oxygen atoms in total. The molecule has 1 aromatic carbocycles. The highest BCUT2D eigenvalue weighted by molar-refractivity contribution is 5.35. The number of fused-ring (bicyclic) bond motifs is 1. The summed E-state index contributed by atoms with van der Waals surface area (Å²) in [6.45, 7) is 7.94. The largest absolute Gasteiger partial charge is 0.314 e. The van der Waals surface area contributed by atoms with E-state index in [1.165, 1.54) is 44.1 Å². The van der Waals surface area contributed by atoms with Crippen LogP contribution >= 0.6 is 0 Å². The van der Waals surface area contributed by atoms with E-state index < -0.39 is 0 Å². The van der Waals surface area contributed by atoms with E-state index in [1.54, 1.807) is 11.1 Å². The number of rotatable bonds is 7. The summed E-state index contributed by atoms with van der Waals surface area (Å²) in [6.07, 6.45) is 7.67. The van der Waals surface area contributed by atoms with Crippen molar-refractivity contribution >= 4 is 0 Å². The summed E-state index contributed by atoms with van der Waals surface area (Å²) in [5.41, 5.74) is 4.72. The van der Waals surface area contributed by atoms with Gasteiger partial charge in [-0.1, -0.05) is 51.8 Å². The first kappa shape index (κ1) is 14.6. The van der Waals surface area contributed by atoms with Crippen molar-refractivity contribution in [3.05, 3.63) is 34.9 Å². The molecule has 1 atom stereocenters. The summed E-state index contributed by atoms with van der Waals surface area (Å²) >= 11 is 0. The van der Waals surface area contributed by atoms with Crippen molar-refractivity contribution in [2.45, 2.75) is 65.3 Å². The second-order valence-corrected chi connectivity index (χ2v) is 5.90. The summed E-state index contributed by atoms with van der Waals surface area (Å²) in [7, 11) is 0. The maximum Gasteiger partial charge on any atom is 0.0135 e. The van der Waals surface area contributed by atoms with Crippen molar-refractivity contribution in [2.75, 3.05) is 6.54 Å². The van der Waals surface area contributed by atoms with Gasteiger partial charge in [-0.3, -0.25) is 0 Å². The molecule has 0 bridgehead atoms. The molecular formula is C18H29N. The molecule has 0 spiro atoms. The third kappa shape index (κ3) is 3.60. The zero-order valence-corrected chi connectivity index (χ0v) is 12.8. The molecule has 0 amide bonds. The lowest BCUT2D eigenvalue weighted by molar-refractivity contribution is 0.336. The van der Waals surface area contributed by atoms with Gasteiger partial charge in [-0.2, -0.15) is 0 Å². The van der Waals surface area contributed by atoms with E-state index in [1.807, 2.05) is 0 Å².